The first-order valence-corrected chi connectivity index (χ1v) is 5.63. The van der Waals surface area contributed by atoms with Gasteiger partial charge >= 0.3 is 0 Å². The molecule has 0 saturated carbocycles. The Morgan fingerprint density at radius 3 is 2.62 bits per heavy atom. The molecule has 0 amide bonds. The van der Waals surface area contributed by atoms with Crippen LogP contribution in [0.25, 0.3) is 10.9 Å². The monoisotopic (exact) mass is 215 g/mol. The summed E-state index contributed by atoms with van der Waals surface area (Å²) in [5.41, 5.74) is 4.18. The van der Waals surface area contributed by atoms with Gasteiger partial charge in [0.25, 0.3) is 0 Å². The zero-order valence-corrected chi connectivity index (χ0v) is 9.99. The second-order valence-electron chi connectivity index (χ2n) is 4.54. The van der Waals surface area contributed by atoms with Gasteiger partial charge in [-0.15, -0.1) is 0 Å². The van der Waals surface area contributed by atoms with Gasteiger partial charge in [0.1, 0.15) is 0 Å². The average Bonchev–Trinajstić information content (AvgIpc) is 2.27. The summed E-state index contributed by atoms with van der Waals surface area (Å²) in [6.07, 6.45) is 0. The molecular weight excluding hydrogens is 198 g/mol. The van der Waals surface area contributed by atoms with E-state index in [9.17, 15) is 5.11 Å². The maximum absolute atomic E-state index is 9.40. The summed E-state index contributed by atoms with van der Waals surface area (Å²) >= 11 is 0. The first kappa shape index (κ1) is 11.1. The van der Waals surface area contributed by atoms with Crippen molar-refractivity contribution in [3.8, 4) is 0 Å². The number of fused-ring (bicyclic) bond motifs is 1. The second-order valence-corrected chi connectivity index (χ2v) is 4.54. The lowest BCUT2D eigenvalue weighted by Crippen LogP contribution is -1.97. The number of benzene rings is 1. The fraction of sp³-hybridized carbons (Fsp3) is 0.357. The topological polar surface area (TPSA) is 33.1 Å². The molecule has 0 radical (unpaired) electrons. The highest BCUT2D eigenvalue weighted by Gasteiger charge is 2.07. The van der Waals surface area contributed by atoms with Gasteiger partial charge in [-0.1, -0.05) is 25.5 Å². The van der Waals surface area contributed by atoms with Crippen LogP contribution in [0.3, 0.4) is 0 Å². The minimum absolute atomic E-state index is 0.0716. The highest BCUT2D eigenvalue weighted by Crippen LogP contribution is 2.23. The molecule has 1 heterocycles. The van der Waals surface area contributed by atoms with Crippen molar-refractivity contribution in [2.45, 2.75) is 33.3 Å². The van der Waals surface area contributed by atoms with Crippen molar-refractivity contribution in [1.82, 2.24) is 4.98 Å². The van der Waals surface area contributed by atoms with E-state index in [0.29, 0.717) is 5.92 Å². The van der Waals surface area contributed by atoms with Crippen LogP contribution >= 0.6 is 0 Å². The van der Waals surface area contributed by atoms with Crippen LogP contribution in [0.5, 0.6) is 0 Å². The summed E-state index contributed by atoms with van der Waals surface area (Å²) in [4.78, 5) is 4.61. The Kier molecular flexibility index (Phi) is 2.92. The van der Waals surface area contributed by atoms with Gasteiger partial charge in [0, 0.05) is 11.1 Å². The Bertz CT molecular complexity index is 517. The van der Waals surface area contributed by atoms with E-state index in [0.717, 1.165) is 22.2 Å². The third-order valence-corrected chi connectivity index (χ3v) is 2.83. The Morgan fingerprint density at radius 1 is 1.25 bits per heavy atom. The highest BCUT2D eigenvalue weighted by atomic mass is 16.3. The molecule has 0 aliphatic carbocycles. The maximum Gasteiger partial charge on any atom is 0.0709 e. The normalized spacial score (nSPS) is 11.3. The summed E-state index contributed by atoms with van der Waals surface area (Å²) in [5, 5.41) is 10.5. The number of hydrogen-bond acceptors (Lipinski definition) is 2. The molecule has 2 aromatic rings. The van der Waals surface area contributed by atoms with Crippen LogP contribution in [-0.4, -0.2) is 10.1 Å². The SMILES string of the molecule is Cc1ccc2nc(C(C)C)cc(CO)c2c1. The van der Waals surface area contributed by atoms with Crippen LogP contribution in [0, 0.1) is 6.92 Å². The lowest BCUT2D eigenvalue weighted by atomic mass is 10.0. The van der Waals surface area contributed by atoms with E-state index < -0.39 is 0 Å². The van der Waals surface area contributed by atoms with Crippen molar-refractivity contribution in [2.24, 2.45) is 0 Å². The predicted molar refractivity (Wildman–Crippen MR) is 66.5 cm³/mol. The van der Waals surface area contributed by atoms with Crippen molar-refractivity contribution in [3.05, 3.63) is 41.1 Å². The zero-order valence-electron chi connectivity index (χ0n) is 9.99. The molecular formula is C14H17NO. The smallest absolute Gasteiger partial charge is 0.0709 e. The lowest BCUT2D eigenvalue weighted by Gasteiger charge is -2.10. The van der Waals surface area contributed by atoms with Crippen LogP contribution in [-0.2, 0) is 6.61 Å². The van der Waals surface area contributed by atoms with E-state index in [2.05, 4.69) is 37.9 Å². The summed E-state index contributed by atoms with van der Waals surface area (Å²) in [7, 11) is 0. The fourth-order valence-corrected chi connectivity index (χ4v) is 1.86. The molecule has 0 unspecified atom stereocenters. The van der Waals surface area contributed by atoms with Gasteiger partial charge in [0.2, 0.25) is 0 Å². The Balaban J connectivity index is 2.73. The third-order valence-electron chi connectivity index (χ3n) is 2.83. The van der Waals surface area contributed by atoms with Crippen molar-refractivity contribution in [1.29, 1.82) is 0 Å². The van der Waals surface area contributed by atoms with Crippen molar-refractivity contribution in [3.63, 3.8) is 0 Å². The third kappa shape index (κ3) is 1.93. The molecule has 0 fully saturated rings. The molecule has 0 bridgehead atoms. The Morgan fingerprint density at radius 2 is 2.00 bits per heavy atom. The number of pyridine rings is 1. The van der Waals surface area contributed by atoms with Crippen LogP contribution < -0.4 is 0 Å². The minimum atomic E-state index is 0.0716. The average molecular weight is 215 g/mol. The lowest BCUT2D eigenvalue weighted by molar-refractivity contribution is 0.283. The van der Waals surface area contributed by atoms with Gasteiger partial charge < -0.3 is 5.11 Å². The molecule has 1 aromatic carbocycles. The van der Waals surface area contributed by atoms with Gasteiger partial charge in [-0.05, 0) is 36.6 Å². The predicted octanol–water partition coefficient (Wildman–Crippen LogP) is 3.16. The first-order valence-electron chi connectivity index (χ1n) is 5.63. The van der Waals surface area contributed by atoms with Crippen molar-refractivity contribution >= 4 is 10.9 Å². The molecule has 1 aromatic heterocycles. The van der Waals surface area contributed by atoms with Crippen molar-refractivity contribution < 1.29 is 5.11 Å². The van der Waals surface area contributed by atoms with Crippen LogP contribution in [0.2, 0.25) is 0 Å². The highest BCUT2D eigenvalue weighted by molar-refractivity contribution is 5.83. The summed E-state index contributed by atoms with van der Waals surface area (Å²) in [6, 6.07) is 8.17. The number of aromatic nitrogens is 1. The van der Waals surface area contributed by atoms with E-state index in [1.165, 1.54) is 5.56 Å². The summed E-state index contributed by atoms with van der Waals surface area (Å²) in [5.74, 6) is 0.385. The number of hydrogen-bond donors (Lipinski definition) is 1. The first-order chi connectivity index (χ1) is 7.61. The fourth-order valence-electron chi connectivity index (χ4n) is 1.86. The largest absolute Gasteiger partial charge is 0.392 e. The molecule has 2 heteroatoms. The minimum Gasteiger partial charge on any atom is -0.392 e. The molecule has 0 aliphatic rings. The number of rotatable bonds is 2. The number of aliphatic hydroxyl groups is 1. The van der Waals surface area contributed by atoms with E-state index in [-0.39, 0.29) is 6.61 Å². The molecule has 0 spiro atoms. The number of aliphatic hydroxyl groups excluding tert-OH is 1. The van der Waals surface area contributed by atoms with Crippen LogP contribution in [0.4, 0.5) is 0 Å². The molecule has 2 rings (SSSR count). The standard InChI is InChI=1S/C14H17NO/c1-9(2)14-7-11(8-16)12-6-10(3)4-5-13(12)15-14/h4-7,9,16H,8H2,1-3H3. The van der Waals surface area contributed by atoms with Crippen LogP contribution in [0.15, 0.2) is 24.3 Å². The van der Waals surface area contributed by atoms with Gasteiger partial charge in [0.05, 0.1) is 12.1 Å². The molecule has 1 N–H and O–H groups in total. The van der Waals surface area contributed by atoms with E-state index >= 15 is 0 Å². The summed E-state index contributed by atoms with van der Waals surface area (Å²) < 4.78 is 0. The van der Waals surface area contributed by atoms with Crippen molar-refractivity contribution in [2.75, 3.05) is 0 Å². The molecule has 0 aliphatic heterocycles. The molecule has 0 saturated heterocycles. The molecule has 16 heavy (non-hydrogen) atoms. The van der Waals surface area contributed by atoms with E-state index in [1.54, 1.807) is 0 Å². The van der Waals surface area contributed by atoms with E-state index in [1.807, 2.05) is 12.1 Å². The molecule has 84 valence electrons. The number of aryl methyl sites for hydroxylation is 1. The Hall–Kier alpha value is -1.41. The summed E-state index contributed by atoms with van der Waals surface area (Å²) in [6.45, 7) is 6.35. The molecule has 2 nitrogen and oxygen atoms in total. The van der Waals surface area contributed by atoms with Gasteiger partial charge in [-0.3, -0.25) is 4.98 Å². The Labute approximate surface area is 96.0 Å². The van der Waals surface area contributed by atoms with Gasteiger partial charge in [-0.25, -0.2) is 0 Å². The second kappa shape index (κ2) is 4.22. The quantitative estimate of drug-likeness (QED) is 0.834. The van der Waals surface area contributed by atoms with E-state index in [4.69, 9.17) is 0 Å². The van der Waals surface area contributed by atoms with Gasteiger partial charge in [-0.2, -0.15) is 0 Å². The maximum atomic E-state index is 9.40. The zero-order chi connectivity index (χ0) is 11.7. The van der Waals surface area contributed by atoms with Gasteiger partial charge in [0.15, 0.2) is 0 Å². The number of nitrogens with zero attached hydrogens (tertiary/aromatic N) is 1. The van der Waals surface area contributed by atoms with Crippen LogP contribution in [0.1, 0.15) is 36.6 Å². The molecule has 0 atom stereocenters.